The number of anilines is 1. The van der Waals surface area contributed by atoms with E-state index in [1.807, 2.05) is 6.07 Å². The molecule has 0 saturated carbocycles. The van der Waals surface area contributed by atoms with E-state index in [1.54, 1.807) is 24.3 Å². The van der Waals surface area contributed by atoms with Crippen LogP contribution >= 0.6 is 0 Å². The second-order valence-corrected chi connectivity index (χ2v) is 4.00. The molecule has 0 radical (unpaired) electrons. The number of para-hydroxylation sites is 1. The average Bonchev–Trinajstić information content (AvgIpc) is 2.37. The lowest BCUT2D eigenvalue weighted by atomic mass is 10.2. The van der Waals surface area contributed by atoms with Crippen LogP contribution in [0, 0.1) is 5.82 Å². The molecule has 0 fully saturated rings. The van der Waals surface area contributed by atoms with E-state index in [-0.39, 0.29) is 5.56 Å². The van der Waals surface area contributed by atoms with Crippen LogP contribution in [0.4, 0.5) is 23.2 Å². The van der Waals surface area contributed by atoms with E-state index >= 15 is 0 Å². The Morgan fingerprint density at radius 2 is 1.76 bits per heavy atom. The van der Waals surface area contributed by atoms with Crippen LogP contribution in [0.5, 0.6) is 5.75 Å². The third-order valence-corrected chi connectivity index (χ3v) is 2.31. The molecule has 110 valence electrons. The molecule has 2 rings (SSSR count). The molecule has 2 aromatic carbocycles. The zero-order valence-electron chi connectivity index (χ0n) is 10.6. The number of alkyl halides is 3. The van der Waals surface area contributed by atoms with E-state index in [0.717, 1.165) is 12.1 Å². The summed E-state index contributed by atoms with van der Waals surface area (Å²) in [5.74, 6) is -1.48. The van der Waals surface area contributed by atoms with Crippen LogP contribution in [0.2, 0.25) is 0 Å². The minimum absolute atomic E-state index is 0.137. The van der Waals surface area contributed by atoms with Crippen molar-refractivity contribution in [1.29, 1.82) is 0 Å². The molecule has 7 heteroatoms. The predicted molar refractivity (Wildman–Crippen MR) is 70.7 cm³/mol. The average molecular weight is 298 g/mol. The van der Waals surface area contributed by atoms with Gasteiger partial charge in [0, 0.05) is 11.6 Å². The SMILES string of the molecule is Fc1cc(C=NNc2ccccc2)cc(OC(F)(F)F)c1. The molecule has 0 aliphatic rings. The molecular formula is C14H10F4N2O. The summed E-state index contributed by atoms with van der Waals surface area (Å²) in [7, 11) is 0. The summed E-state index contributed by atoms with van der Waals surface area (Å²) in [6.07, 6.45) is -3.68. The Kier molecular flexibility index (Phi) is 4.42. The highest BCUT2D eigenvalue weighted by atomic mass is 19.4. The van der Waals surface area contributed by atoms with Gasteiger partial charge in [-0.2, -0.15) is 5.10 Å². The summed E-state index contributed by atoms with van der Waals surface area (Å²) in [6.45, 7) is 0. The number of benzene rings is 2. The summed E-state index contributed by atoms with van der Waals surface area (Å²) in [6, 6.07) is 11.6. The van der Waals surface area contributed by atoms with Crippen molar-refractivity contribution >= 4 is 11.9 Å². The van der Waals surface area contributed by atoms with Crippen molar-refractivity contribution in [3.8, 4) is 5.75 Å². The zero-order chi connectivity index (χ0) is 15.3. The second kappa shape index (κ2) is 6.25. The van der Waals surface area contributed by atoms with Gasteiger partial charge in [-0.05, 0) is 24.3 Å². The number of hydrazone groups is 1. The fourth-order valence-electron chi connectivity index (χ4n) is 1.55. The van der Waals surface area contributed by atoms with E-state index in [1.165, 1.54) is 6.21 Å². The molecule has 0 aromatic heterocycles. The zero-order valence-corrected chi connectivity index (χ0v) is 10.6. The van der Waals surface area contributed by atoms with Crippen molar-refractivity contribution in [3.05, 3.63) is 59.9 Å². The Morgan fingerprint density at radius 3 is 2.43 bits per heavy atom. The Balaban J connectivity index is 2.09. The highest BCUT2D eigenvalue weighted by Gasteiger charge is 2.31. The van der Waals surface area contributed by atoms with E-state index in [4.69, 9.17) is 0 Å². The first kappa shape index (κ1) is 14.8. The maximum Gasteiger partial charge on any atom is 0.573 e. The number of hydrogen-bond acceptors (Lipinski definition) is 3. The topological polar surface area (TPSA) is 33.6 Å². The number of ether oxygens (including phenoxy) is 1. The maximum absolute atomic E-state index is 13.2. The lowest BCUT2D eigenvalue weighted by molar-refractivity contribution is -0.274. The van der Waals surface area contributed by atoms with E-state index in [2.05, 4.69) is 15.3 Å². The lowest BCUT2D eigenvalue weighted by Crippen LogP contribution is -2.17. The number of rotatable bonds is 4. The van der Waals surface area contributed by atoms with Crippen molar-refractivity contribution in [2.45, 2.75) is 6.36 Å². The molecule has 0 heterocycles. The fourth-order valence-corrected chi connectivity index (χ4v) is 1.55. The first-order valence-corrected chi connectivity index (χ1v) is 5.83. The van der Waals surface area contributed by atoms with Gasteiger partial charge in [-0.1, -0.05) is 18.2 Å². The predicted octanol–water partition coefficient (Wildman–Crippen LogP) is 4.17. The van der Waals surface area contributed by atoms with Gasteiger partial charge in [-0.3, -0.25) is 5.43 Å². The van der Waals surface area contributed by atoms with Crippen LogP contribution in [-0.4, -0.2) is 12.6 Å². The summed E-state index contributed by atoms with van der Waals surface area (Å²) in [4.78, 5) is 0. The second-order valence-electron chi connectivity index (χ2n) is 4.00. The highest BCUT2D eigenvalue weighted by Crippen LogP contribution is 2.24. The van der Waals surface area contributed by atoms with E-state index in [0.29, 0.717) is 11.8 Å². The minimum atomic E-state index is -4.87. The van der Waals surface area contributed by atoms with Gasteiger partial charge in [0.2, 0.25) is 0 Å². The van der Waals surface area contributed by atoms with E-state index < -0.39 is 17.9 Å². The van der Waals surface area contributed by atoms with Gasteiger partial charge in [-0.25, -0.2) is 4.39 Å². The maximum atomic E-state index is 13.2. The van der Waals surface area contributed by atoms with E-state index in [9.17, 15) is 17.6 Å². The van der Waals surface area contributed by atoms with Crippen molar-refractivity contribution < 1.29 is 22.3 Å². The molecule has 1 N–H and O–H groups in total. The summed E-state index contributed by atoms with van der Waals surface area (Å²) in [5.41, 5.74) is 3.49. The molecule has 0 spiro atoms. The number of nitrogens with zero attached hydrogens (tertiary/aromatic N) is 1. The Labute approximate surface area is 117 Å². The van der Waals surface area contributed by atoms with Gasteiger partial charge in [0.25, 0.3) is 0 Å². The van der Waals surface area contributed by atoms with Crippen molar-refractivity contribution in [2.75, 3.05) is 5.43 Å². The standard InChI is InChI=1S/C14H10F4N2O/c15-11-6-10(7-13(8-11)21-14(16,17)18)9-19-20-12-4-2-1-3-5-12/h1-9,20H. The molecular weight excluding hydrogens is 288 g/mol. The number of nitrogens with one attached hydrogen (secondary N) is 1. The summed E-state index contributed by atoms with van der Waals surface area (Å²) < 4.78 is 53.2. The normalized spacial score (nSPS) is 11.6. The molecule has 0 saturated heterocycles. The van der Waals surface area contributed by atoms with Crippen LogP contribution in [0.25, 0.3) is 0 Å². The monoisotopic (exact) mass is 298 g/mol. The lowest BCUT2D eigenvalue weighted by Gasteiger charge is -2.09. The molecule has 3 nitrogen and oxygen atoms in total. The van der Waals surface area contributed by atoms with Crippen LogP contribution in [0.15, 0.2) is 53.6 Å². The molecule has 0 bridgehead atoms. The third-order valence-electron chi connectivity index (χ3n) is 2.31. The molecule has 21 heavy (non-hydrogen) atoms. The van der Waals surface area contributed by atoms with Gasteiger partial charge in [0.05, 0.1) is 11.9 Å². The molecule has 0 atom stereocenters. The van der Waals surface area contributed by atoms with Crippen molar-refractivity contribution in [3.63, 3.8) is 0 Å². The molecule has 0 aliphatic heterocycles. The summed E-state index contributed by atoms with van der Waals surface area (Å²) in [5, 5.41) is 3.81. The van der Waals surface area contributed by atoms with Crippen LogP contribution in [0.1, 0.15) is 5.56 Å². The highest BCUT2D eigenvalue weighted by molar-refractivity contribution is 5.80. The Hall–Kier alpha value is -2.57. The fraction of sp³-hybridized carbons (Fsp3) is 0.0714. The van der Waals surface area contributed by atoms with Crippen molar-refractivity contribution in [1.82, 2.24) is 0 Å². The summed E-state index contributed by atoms with van der Waals surface area (Å²) >= 11 is 0. The van der Waals surface area contributed by atoms with Gasteiger partial charge in [-0.15, -0.1) is 13.2 Å². The Morgan fingerprint density at radius 1 is 1.05 bits per heavy atom. The number of halogens is 4. The van der Waals surface area contributed by atoms with Gasteiger partial charge >= 0.3 is 6.36 Å². The van der Waals surface area contributed by atoms with Crippen molar-refractivity contribution in [2.24, 2.45) is 5.10 Å². The first-order chi connectivity index (χ1) is 9.92. The van der Waals surface area contributed by atoms with Crippen LogP contribution in [0.3, 0.4) is 0 Å². The smallest absolute Gasteiger partial charge is 0.406 e. The largest absolute Gasteiger partial charge is 0.573 e. The first-order valence-electron chi connectivity index (χ1n) is 5.83. The Bertz CT molecular complexity index is 627. The molecule has 2 aromatic rings. The third kappa shape index (κ3) is 5.13. The molecule has 0 aliphatic carbocycles. The van der Waals surface area contributed by atoms with Gasteiger partial charge in [0.15, 0.2) is 0 Å². The van der Waals surface area contributed by atoms with Crippen LogP contribution in [-0.2, 0) is 0 Å². The van der Waals surface area contributed by atoms with Crippen LogP contribution < -0.4 is 10.2 Å². The molecule has 0 unspecified atom stereocenters. The molecule has 0 amide bonds. The quantitative estimate of drug-likeness (QED) is 0.522. The minimum Gasteiger partial charge on any atom is -0.406 e. The van der Waals surface area contributed by atoms with Gasteiger partial charge < -0.3 is 4.74 Å². The number of hydrogen-bond donors (Lipinski definition) is 1. The van der Waals surface area contributed by atoms with Gasteiger partial charge in [0.1, 0.15) is 11.6 Å².